The Morgan fingerprint density at radius 3 is 2.45 bits per heavy atom. The highest BCUT2D eigenvalue weighted by Gasteiger charge is 1.88. The van der Waals surface area contributed by atoms with Crippen molar-refractivity contribution in [2.45, 2.75) is 6.92 Å². The van der Waals surface area contributed by atoms with Gasteiger partial charge in [-0.2, -0.15) is 0 Å². The summed E-state index contributed by atoms with van der Waals surface area (Å²) in [6.45, 7) is 1.92. The molecule has 0 heterocycles. The van der Waals surface area contributed by atoms with Crippen LogP contribution in [0.4, 0.5) is 0 Å². The van der Waals surface area contributed by atoms with E-state index in [1.807, 2.05) is 37.3 Å². The first-order chi connectivity index (χ1) is 5.33. The summed E-state index contributed by atoms with van der Waals surface area (Å²) in [5, 5.41) is 0. The molecule has 0 unspecified atom stereocenters. The van der Waals surface area contributed by atoms with Crippen LogP contribution in [0.2, 0.25) is 0 Å². The Bertz CT molecular complexity index is 238. The molecule has 1 nitrogen and oxygen atoms in total. The Morgan fingerprint density at radius 1 is 1.27 bits per heavy atom. The average molecular weight is 260 g/mol. The summed E-state index contributed by atoms with van der Waals surface area (Å²) in [5.74, 6) is 0.878. The van der Waals surface area contributed by atoms with Crippen LogP contribution in [0, 0.1) is 3.57 Å². The van der Waals surface area contributed by atoms with Gasteiger partial charge in [0.15, 0.2) is 0 Å². The first-order valence-electron chi connectivity index (χ1n) is 3.36. The lowest BCUT2D eigenvalue weighted by molar-refractivity contribution is 0.480. The zero-order valence-electron chi connectivity index (χ0n) is 6.25. The van der Waals surface area contributed by atoms with Crippen molar-refractivity contribution >= 4 is 22.6 Å². The smallest absolute Gasteiger partial charge is 0.126 e. The molecule has 0 fully saturated rings. The van der Waals surface area contributed by atoms with Gasteiger partial charge in [0.1, 0.15) is 5.75 Å². The summed E-state index contributed by atoms with van der Waals surface area (Å²) < 4.78 is 6.44. The second-order valence-corrected chi connectivity index (χ2v) is 3.29. The molecule has 0 spiro atoms. The molecule has 0 N–H and O–H groups in total. The molecular formula is C9H9IO. The van der Waals surface area contributed by atoms with Crippen molar-refractivity contribution in [3.05, 3.63) is 40.2 Å². The largest absolute Gasteiger partial charge is 0.465 e. The van der Waals surface area contributed by atoms with E-state index in [0.29, 0.717) is 0 Å². The van der Waals surface area contributed by atoms with Crippen LogP contribution in [0.3, 0.4) is 0 Å². The van der Waals surface area contributed by atoms with Crippen LogP contribution >= 0.6 is 22.6 Å². The topological polar surface area (TPSA) is 9.23 Å². The van der Waals surface area contributed by atoms with Gasteiger partial charge in [-0.25, -0.2) is 0 Å². The highest BCUT2D eigenvalue weighted by atomic mass is 127. The second-order valence-electron chi connectivity index (χ2n) is 2.04. The van der Waals surface area contributed by atoms with E-state index in [1.165, 1.54) is 3.57 Å². The summed E-state index contributed by atoms with van der Waals surface area (Å²) in [6.07, 6.45) is 3.53. The van der Waals surface area contributed by atoms with Gasteiger partial charge >= 0.3 is 0 Å². The van der Waals surface area contributed by atoms with Crippen molar-refractivity contribution in [3.63, 3.8) is 0 Å². The second kappa shape index (κ2) is 4.38. The molecule has 0 amide bonds. The van der Waals surface area contributed by atoms with Crippen molar-refractivity contribution in [1.29, 1.82) is 0 Å². The maximum Gasteiger partial charge on any atom is 0.126 e. The minimum atomic E-state index is 0.878. The molecule has 1 aromatic rings. The van der Waals surface area contributed by atoms with Gasteiger partial charge in [0, 0.05) is 3.57 Å². The third-order valence-corrected chi connectivity index (χ3v) is 1.87. The van der Waals surface area contributed by atoms with E-state index >= 15 is 0 Å². The Hall–Kier alpha value is -0.510. The molecule has 1 aromatic carbocycles. The van der Waals surface area contributed by atoms with E-state index in [9.17, 15) is 0 Å². The van der Waals surface area contributed by atoms with Crippen molar-refractivity contribution in [3.8, 4) is 5.75 Å². The summed E-state index contributed by atoms with van der Waals surface area (Å²) in [5.41, 5.74) is 0. The van der Waals surface area contributed by atoms with Crippen LogP contribution < -0.4 is 4.74 Å². The van der Waals surface area contributed by atoms with Crippen molar-refractivity contribution < 1.29 is 4.74 Å². The van der Waals surface area contributed by atoms with Crippen molar-refractivity contribution in [2.24, 2.45) is 0 Å². The minimum Gasteiger partial charge on any atom is -0.465 e. The van der Waals surface area contributed by atoms with Crippen LogP contribution in [0.15, 0.2) is 36.6 Å². The molecule has 0 saturated carbocycles. The molecular weight excluding hydrogens is 251 g/mol. The molecule has 0 bridgehead atoms. The fourth-order valence-electron chi connectivity index (χ4n) is 0.660. The van der Waals surface area contributed by atoms with Gasteiger partial charge in [-0.05, 0) is 53.8 Å². The van der Waals surface area contributed by atoms with E-state index in [4.69, 9.17) is 4.74 Å². The highest BCUT2D eigenvalue weighted by Crippen LogP contribution is 2.13. The Kier molecular flexibility index (Phi) is 3.42. The maximum absolute atomic E-state index is 5.23. The normalized spacial score (nSPS) is 10.4. The average Bonchev–Trinajstić information content (AvgIpc) is 2.04. The zero-order valence-corrected chi connectivity index (χ0v) is 8.41. The number of hydrogen-bond donors (Lipinski definition) is 0. The van der Waals surface area contributed by atoms with Gasteiger partial charge in [-0.1, -0.05) is 6.08 Å². The fourth-order valence-corrected chi connectivity index (χ4v) is 1.02. The molecule has 1 rings (SSSR count). The first kappa shape index (κ1) is 8.59. The Balaban J connectivity index is 2.66. The molecule has 11 heavy (non-hydrogen) atoms. The lowest BCUT2D eigenvalue weighted by atomic mass is 10.3. The zero-order chi connectivity index (χ0) is 8.10. The van der Waals surface area contributed by atoms with E-state index in [2.05, 4.69) is 22.6 Å². The fraction of sp³-hybridized carbons (Fsp3) is 0.111. The molecule has 0 aliphatic heterocycles. The molecule has 0 aromatic heterocycles. The van der Waals surface area contributed by atoms with Gasteiger partial charge in [0.2, 0.25) is 0 Å². The third kappa shape index (κ3) is 2.93. The predicted molar refractivity (Wildman–Crippen MR) is 54.6 cm³/mol. The number of benzene rings is 1. The van der Waals surface area contributed by atoms with E-state index in [-0.39, 0.29) is 0 Å². The van der Waals surface area contributed by atoms with Crippen molar-refractivity contribution in [1.82, 2.24) is 0 Å². The van der Waals surface area contributed by atoms with Crippen LogP contribution in [0.5, 0.6) is 5.75 Å². The van der Waals surface area contributed by atoms with Crippen LogP contribution in [-0.4, -0.2) is 0 Å². The molecule has 2 heteroatoms. The number of halogens is 1. The van der Waals surface area contributed by atoms with E-state index in [0.717, 1.165) is 5.75 Å². The third-order valence-electron chi connectivity index (χ3n) is 1.15. The monoisotopic (exact) mass is 260 g/mol. The minimum absolute atomic E-state index is 0.878. The van der Waals surface area contributed by atoms with Crippen LogP contribution in [-0.2, 0) is 0 Å². The number of allylic oxidation sites excluding steroid dienone is 1. The Morgan fingerprint density at radius 2 is 1.91 bits per heavy atom. The van der Waals surface area contributed by atoms with Crippen LogP contribution in [0.1, 0.15) is 6.92 Å². The van der Waals surface area contributed by atoms with Gasteiger partial charge in [-0.3, -0.25) is 0 Å². The lowest BCUT2D eigenvalue weighted by Crippen LogP contribution is -1.80. The molecule has 0 saturated heterocycles. The van der Waals surface area contributed by atoms with E-state index < -0.39 is 0 Å². The predicted octanol–water partition coefficient (Wildman–Crippen LogP) is 3.20. The van der Waals surface area contributed by atoms with Gasteiger partial charge in [-0.15, -0.1) is 0 Å². The standard InChI is InChI=1S/C9H9IO/c1-2-7-11-9-5-3-8(10)4-6-9/h2-7H,1H3. The highest BCUT2D eigenvalue weighted by molar-refractivity contribution is 14.1. The van der Waals surface area contributed by atoms with Gasteiger partial charge in [0.25, 0.3) is 0 Å². The summed E-state index contributed by atoms with van der Waals surface area (Å²) in [4.78, 5) is 0. The van der Waals surface area contributed by atoms with Crippen LogP contribution in [0.25, 0.3) is 0 Å². The summed E-state index contributed by atoms with van der Waals surface area (Å²) in [7, 11) is 0. The summed E-state index contributed by atoms with van der Waals surface area (Å²) >= 11 is 2.26. The van der Waals surface area contributed by atoms with Crippen molar-refractivity contribution in [2.75, 3.05) is 0 Å². The quantitative estimate of drug-likeness (QED) is 0.586. The molecule has 0 aliphatic rings. The first-order valence-corrected chi connectivity index (χ1v) is 4.44. The maximum atomic E-state index is 5.23. The Labute approximate surface area is 80.2 Å². The van der Waals surface area contributed by atoms with Gasteiger partial charge < -0.3 is 4.74 Å². The molecule has 0 aliphatic carbocycles. The molecule has 0 atom stereocenters. The molecule has 58 valence electrons. The summed E-state index contributed by atoms with van der Waals surface area (Å²) in [6, 6.07) is 7.92. The number of rotatable bonds is 2. The molecule has 0 radical (unpaired) electrons. The number of hydrogen-bond acceptors (Lipinski definition) is 1. The SMILES string of the molecule is CC=COc1ccc(I)cc1. The number of ether oxygens (including phenoxy) is 1. The lowest BCUT2D eigenvalue weighted by Gasteiger charge is -1.97. The van der Waals surface area contributed by atoms with Gasteiger partial charge in [0.05, 0.1) is 6.26 Å². The van der Waals surface area contributed by atoms with E-state index in [1.54, 1.807) is 6.26 Å².